The highest BCUT2D eigenvalue weighted by molar-refractivity contribution is 5.98. The SMILES string of the molecule is O=C1OC(=O)C2C1C1C=CC2C1(O)O. The van der Waals surface area contributed by atoms with Crippen molar-refractivity contribution in [2.24, 2.45) is 23.7 Å². The number of ether oxygens (including phenoxy) is 1. The number of cyclic esters (lactones) is 2. The predicted molar refractivity (Wildman–Crippen MR) is 41.4 cm³/mol. The largest absolute Gasteiger partial charge is 0.393 e. The molecule has 0 amide bonds. The van der Waals surface area contributed by atoms with Gasteiger partial charge in [0.15, 0.2) is 5.79 Å². The number of aliphatic hydroxyl groups is 2. The molecule has 2 N–H and O–H groups in total. The average Bonchev–Trinajstić information content (AvgIpc) is 2.63. The van der Waals surface area contributed by atoms with Crippen LogP contribution in [0.3, 0.4) is 0 Å². The van der Waals surface area contributed by atoms with Gasteiger partial charge in [0.1, 0.15) is 0 Å². The van der Waals surface area contributed by atoms with E-state index in [4.69, 9.17) is 0 Å². The van der Waals surface area contributed by atoms with E-state index in [1.165, 1.54) is 0 Å². The van der Waals surface area contributed by atoms with E-state index in [0.717, 1.165) is 0 Å². The molecule has 3 aliphatic rings. The first-order valence-corrected chi connectivity index (χ1v) is 4.42. The minimum absolute atomic E-state index is 0.635. The Balaban J connectivity index is 2.12. The highest BCUT2D eigenvalue weighted by atomic mass is 16.6. The smallest absolute Gasteiger partial charge is 0.318 e. The second-order valence-corrected chi connectivity index (χ2v) is 4.01. The Bertz CT molecular complexity index is 337. The fraction of sp³-hybridized carbons (Fsp3) is 0.556. The molecule has 1 heterocycles. The van der Waals surface area contributed by atoms with Crippen LogP contribution in [0, 0.1) is 23.7 Å². The van der Waals surface area contributed by atoms with Crippen LogP contribution in [0.25, 0.3) is 0 Å². The maximum atomic E-state index is 11.2. The molecule has 2 aliphatic carbocycles. The molecule has 0 radical (unpaired) electrons. The summed E-state index contributed by atoms with van der Waals surface area (Å²) in [5.41, 5.74) is 0. The van der Waals surface area contributed by atoms with Gasteiger partial charge in [-0.05, 0) is 0 Å². The lowest BCUT2D eigenvalue weighted by atomic mass is 9.85. The summed E-state index contributed by atoms with van der Waals surface area (Å²) in [5.74, 6) is -6.02. The van der Waals surface area contributed by atoms with Crippen molar-refractivity contribution in [1.29, 1.82) is 0 Å². The Morgan fingerprint density at radius 1 is 1.07 bits per heavy atom. The number of carbonyl (C=O) groups is 2. The second-order valence-electron chi connectivity index (χ2n) is 4.01. The predicted octanol–water partition coefficient (Wildman–Crippen LogP) is -1.20. The van der Waals surface area contributed by atoms with Gasteiger partial charge in [0.25, 0.3) is 0 Å². The first kappa shape index (κ1) is 8.14. The number of carbonyl (C=O) groups excluding carboxylic acids is 2. The Kier molecular flexibility index (Phi) is 1.20. The van der Waals surface area contributed by atoms with Crippen LogP contribution in [0.2, 0.25) is 0 Å². The quantitative estimate of drug-likeness (QED) is 0.220. The molecule has 0 aromatic heterocycles. The molecule has 2 fully saturated rings. The standard InChI is InChI=1S/C9H8O5/c10-7-5-3-1-2-4(9(3,12)13)6(5)8(11)14-7/h1-6,12-13H. The molecule has 5 heteroatoms. The Hall–Kier alpha value is -1.20. The van der Waals surface area contributed by atoms with Gasteiger partial charge >= 0.3 is 11.9 Å². The Morgan fingerprint density at radius 3 is 1.93 bits per heavy atom. The van der Waals surface area contributed by atoms with Gasteiger partial charge in [-0.3, -0.25) is 9.59 Å². The third-order valence-electron chi connectivity index (χ3n) is 3.41. The number of esters is 2. The van der Waals surface area contributed by atoms with Crippen LogP contribution in [0.5, 0.6) is 0 Å². The fourth-order valence-corrected chi connectivity index (χ4v) is 2.78. The summed E-state index contributed by atoms with van der Waals surface area (Å²) in [6, 6.07) is 0. The lowest BCUT2D eigenvalue weighted by molar-refractivity contribution is -0.199. The van der Waals surface area contributed by atoms with Gasteiger partial charge in [-0.25, -0.2) is 0 Å². The summed E-state index contributed by atoms with van der Waals surface area (Å²) in [6.07, 6.45) is 3.15. The molecule has 4 unspecified atom stereocenters. The summed E-state index contributed by atoms with van der Waals surface area (Å²) >= 11 is 0. The molecular weight excluding hydrogens is 188 g/mol. The van der Waals surface area contributed by atoms with Crippen LogP contribution in [0.1, 0.15) is 0 Å². The zero-order chi connectivity index (χ0) is 10.1. The van der Waals surface area contributed by atoms with E-state index in [-0.39, 0.29) is 0 Å². The molecule has 5 nitrogen and oxygen atoms in total. The van der Waals surface area contributed by atoms with Crippen LogP contribution in [0.15, 0.2) is 12.2 Å². The van der Waals surface area contributed by atoms with E-state index in [9.17, 15) is 19.8 Å². The molecule has 4 atom stereocenters. The summed E-state index contributed by atoms with van der Waals surface area (Å²) in [5, 5.41) is 19.3. The summed E-state index contributed by atoms with van der Waals surface area (Å²) in [7, 11) is 0. The highest BCUT2D eigenvalue weighted by Gasteiger charge is 2.68. The number of rotatable bonds is 0. The van der Waals surface area contributed by atoms with Crippen molar-refractivity contribution in [3.63, 3.8) is 0 Å². The normalized spacial score (nSPS) is 47.0. The molecule has 74 valence electrons. The summed E-state index contributed by atoms with van der Waals surface area (Å²) < 4.78 is 4.46. The third kappa shape index (κ3) is 0.655. The zero-order valence-corrected chi connectivity index (χ0v) is 7.08. The molecule has 0 spiro atoms. The van der Waals surface area contributed by atoms with Crippen molar-refractivity contribution in [3.8, 4) is 0 Å². The molecule has 14 heavy (non-hydrogen) atoms. The first-order valence-electron chi connectivity index (χ1n) is 4.42. The Labute approximate surface area is 79.0 Å². The van der Waals surface area contributed by atoms with Crippen molar-refractivity contribution >= 4 is 11.9 Å². The number of hydrogen-bond donors (Lipinski definition) is 2. The number of fused-ring (bicyclic) bond motifs is 5. The Morgan fingerprint density at radius 2 is 1.50 bits per heavy atom. The molecule has 0 aromatic rings. The van der Waals surface area contributed by atoms with Crippen LogP contribution in [-0.4, -0.2) is 27.9 Å². The topological polar surface area (TPSA) is 83.8 Å². The van der Waals surface area contributed by atoms with E-state index in [0.29, 0.717) is 0 Å². The molecule has 1 aliphatic heterocycles. The molecular formula is C9H8O5. The molecule has 2 bridgehead atoms. The molecule has 3 rings (SSSR count). The minimum Gasteiger partial charge on any atom is -0.393 e. The summed E-state index contributed by atoms with van der Waals surface area (Å²) in [6.45, 7) is 0. The summed E-state index contributed by atoms with van der Waals surface area (Å²) in [4.78, 5) is 22.5. The lowest BCUT2D eigenvalue weighted by Gasteiger charge is -2.22. The van der Waals surface area contributed by atoms with Crippen molar-refractivity contribution in [3.05, 3.63) is 12.2 Å². The van der Waals surface area contributed by atoms with Crippen molar-refractivity contribution < 1.29 is 24.5 Å². The molecule has 0 aromatic carbocycles. The molecule has 1 saturated heterocycles. The van der Waals surface area contributed by atoms with Crippen LogP contribution >= 0.6 is 0 Å². The zero-order valence-electron chi connectivity index (χ0n) is 7.08. The highest BCUT2D eigenvalue weighted by Crippen LogP contribution is 2.56. The fourth-order valence-electron chi connectivity index (χ4n) is 2.78. The van der Waals surface area contributed by atoms with Crippen LogP contribution in [-0.2, 0) is 14.3 Å². The van der Waals surface area contributed by atoms with Crippen molar-refractivity contribution in [1.82, 2.24) is 0 Å². The second kappa shape index (κ2) is 2.07. The molecule has 1 saturated carbocycles. The van der Waals surface area contributed by atoms with Gasteiger partial charge in [-0.2, -0.15) is 0 Å². The van der Waals surface area contributed by atoms with E-state index in [2.05, 4.69) is 4.74 Å². The van der Waals surface area contributed by atoms with Crippen LogP contribution < -0.4 is 0 Å². The average molecular weight is 196 g/mol. The van der Waals surface area contributed by atoms with Gasteiger partial charge in [-0.1, -0.05) is 12.2 Å². The van der Waals surface area contributed by atoms with E-state index in [1.807, 2.05) is 0 Å². The van der Waals surface area contributed by atoms with Gasteiger partial charge in [0.05, 0.1) is 11.8 Å². The van der Waals surface area contributed by atoms with Gasteiger partial charge in [0, 0.05) is 11.8 Å². The van der Waals surface area contributed by atoms with Gasteiger partial charge in [0.2, 0.25) is 0 Å². The van der Waals surface area contributed by atoms with Crippen LogP contribution in [0.4, 0.5) is 0 Å². The first-order chi connectivity index (χ1) is 6.53. The maximum Gasteiger partial charge on any atom is 0.318 e. The van der Waals surface area contributed by atoms with E-state index >= 15 is 0 Å². The monoisotopic (exact) mass is 196 g/mol. The maximum absolute atomic E-state index is 11.2. The minimum atomic E-state index is -1.95. The van der Waals surface area contributed by atoms with Gasteiger partial charge in [-0.15, -0.1) is 0 Å². The van der Waals surface area contributed by atoms with Crippen molar-refractivity contribution in [2.75, 3.05) is 0 Å². The lowest BCUT2D eigenvalue weighted by Crippen LogP contribution is -2.38. The van der Waals surface area contributed by atoms with Gasteiger partial charge < -0.3 is 14.9 Å². The number of hydrogen-bond acceptors (Lipinski definition) is 5. The van der Waals surface area contributed by atoms with E-state index < -0.39 is 41.4 Å². The van der Waals surface area contributed by atoms with Crippen molar-refractivity contribution in [2.45, 2.75) is 5.79 Å². The third-order valence-corrected chi connectivity index (χ3v) is 3.41. The van der Waals surface area contributed by atoms with E-state index in [1.54, 1.807) is 12.2 Å².